The number of anilines is 1. The van der Waals surface area contributed by atoms with Gasteiger partial charge in [0.1, 0.15) is 15.8 Å². The van der Waals surface area contributed by atoms with Crippen LogP contribution in [0.3, 0.4) is 0 Å². The number of carbonyl (C=O) groups is 2. The summed E-state index contributed by atoms with van der Waals surface area (Å²) in [5.74, 6) is 0.247. The lowest BCUT2D eigenvalue weighted by molar-refractivity contribution is -0.122. The van der Waals surface area contributed by atoms with E-state index < -0.39 is 0 Å². The molecule has 0 unspecified atom stereocenters. The van der Waals surface area contributed by atoms with Gasteiger partial charge in [0.25, 0.3) is 11.5 Å². The maximum Gasteiger partial charge on any atom is 0.409 e. The summed E-state index contributed by atoms with van der Waals surface area (Å²) in [6, 6.07) is 13.3. The third kappa shape index (κ3) is 5.03. The molecular formula is C27H27N5O4S2. The van der Waals surface area contributed by atoms with E-state index in [9.17, 15) is 14.4 Å². The quantitative estimate of drug-likeness (QED) is 0.352. The molecule has 9 nitrogen and oxygen atoms in total. The van der Waals surface area contributed by atoms with E-state index in [2.05, 4.69) is 0 Å². The second-order valence-corrected chi connectivity index (χ2v) is 10.6. The molecule has 0 atom stereocenters. The highest BCUT2D eigenvalue weighted by Gasteiger charge is 2.33. The number of amides is 2. The zero-order valence-electron chi connectivity index (χ0n) is 21.1. The highest BCUT2D eigenvalue weighted by Crippen LogP contribution is 2.34. The van der Waals surface area contributed by atoms with Crippen molar-refractivity contribution in [2.24, 2.45) is 0 Å². The number of ether oxygens (including phenoxy) is 1. The monoisotopic (exact) mass is 549 g/mol. The standard InChI is InChI=1S/C27H27N5O4S2/c1-3-36-26(35)30-14-12-29(13-15-30)23-20(24(33)31-11-7-8-18(2)22(31)28-23)16-21-25(34)32(27(37)38-21)17-19-9-5-4-6-10-19/h4-11,16H,3,12-15,17H2,1-2H3. The number of benzene rings is 1. The first kappa shape index (κ1) is 25.9. The Kier molecular flexibility index (Phi) is 7.48. The van der Waals surface area contributed by atoms with Gasteiger partial charge in [-0.3, -0.25) is 18.9 Å². The number of piperazine rings is 1. The summed E-state index contributed by atoms with van der Waals surface area (Å²) >= 11 is 6.71. The zero-order chi connectivity index (χ0) is 26.8. The average molecular weight is 550 g/mol. The van der Waals surface area contributed by atoms with Crippen molar-refractivity contribution in [1.82, 2.24) is 19.2 Å². The molecule has 38 heavy (non-hydrogen) atoms. The van der Waals surface area contributed by atoms with Gasteiger partial charge < -0.3 is 14.5 Å². The van der Waals surface area contributed by atoms with Crippen LogP contribution in [-0.4, -0.2) is 68.3 Å². The van der Waals surface area contributed by atoms with Crippen molar-refractivity contribution in [2.75, 3.05) is 37.7 Å². The van der Waals surface area contributed by atoms with Crippen LogP contribution in [0, 0.1) is 6.92 Å². The summed E-state index contributed by atoms with van der Waals surface area (Å²) in [5.41, 5.74) is 2.42. The summed E-state index contributed by atoms with van der Waals surface area (Å²) in [7, 11) is 0. The van der Waals surface area contributed by atoms with Gasteiger partial charge in [0.15, 0.2) is 0 Å². The van der Waals surface area contributed by atoms with E-state index in [0.29, 0.717) is 65.6 Å². The van der Waals surface area contributed by atoms with Gasteiger partial charge in [-0.1, -0.05) is 60.4 Å². The minimum absolute atomic E-state index is 0.240. The first-order valence-corrected chi connectivity index (χ1v) is 13.6. The van der Waals surface area contributed by atoms with Crippen LogP contribution in [-0.2, 0) is 16.1 Å². The maximum absolute atomic E-state index is 13.8. The van der Waals surface area contributed by atoms with Crippen molar-refractivity contribution < 1.29 is 14.3 Å². The smallest absolute Gasteiger partial charge is 0.409 e. The maximum atomic E-state index is 13.8. The number of fused-ring (bicyclic) bond motifs is 1. The molecule has 1 aromatic carbocycles. The Morgan fingerprint density at radius 2 is 1.84 bits per heavy atom. The molecule has 4 heterocycles. The molecule has 0 bridgehead atoms. The van der Waals surface area contributed by atoms with E-state index in [0.717, 1.165) is 11.1 Å². The third-order valence-corrected chi connectivity index (χ3v) is 7.88. The van der Waals surface area contributed by atoms with Crippen molar-refractivity contribution in [1.29, 1.82) is 0 Å². The number of thiocarbonyl (C=S) groups is 1. The minimum Gasteiger partial charge on any atom is -0.450 e. The molecule has 5 rings (SSSR count). The average Bonchev–Trinajstić information content (AvgIpc) is 3.18. The lowest BCUT2D eigenvalue weighted by Crippen LogP contribution is -2.49. The van der Waals surface area contributed by atoms with Gasteiger partial charge in [-0.15, -0.1) is 0 Å². The first-order chi connectivity index (χ1) is 18.4. The molecule has 0 saturated carbocycles. The van der Waals surface area contributed by atoms with Gasteiger partial charge in [0, 0.05) is 32.4 Å². The van der Waals surface area contributed by atoms with Crippen molar-refractivity contribution in [2.45, 2.75) is 20.4 Å². The summed E-state index contributed by atoms with van der Waals surface area (Å²) in [4.78, 5) is 49.8. The van der Waals surface area contributed by atoms with Gasteiger partial charge in [0.2, 0.25) is 0 Å². The molecule has 3 aromatic rings. The Morgan fingerprint density at radius 3 is 2.55 bits per heavy atom. The van der Waals surface area contributed by atoms with Gasteiger partial charge >= 0.3 is 6.09 Å². The van der Waals surface area contributed by atoms with Gasteiger partial charge in [-0.05, 0) is 37.1 Å². The lowest BCUT2D eigenvalue weighted by Gasteiger charge is -2.35. The highest BCUT2D eigenvalue weighted by atomic mass is 32.2. The molecule has 11 heteroatoms. The van der Waals surface area contributed by atoms with E-state index in [1.165, 1.54) is 16.2 Å². The number of thioether (sulfide) groups is 1. The van der Waals surface area contributed by atoms with Crippen LogP contribution in [0.1, 0.15) is 23.6 Å². The topological polar surface area (TPSA) is 87.5 Å². The Bertz CT molecular complexity index is 1500. The lowest BCUT2D eigenvalue weighted by atomic mass is 10.2. The van der Waals surface area contributed by atoms with Crippen LogP contribution in [0.2, 0.25) is 0 Å². The fourth-order valence-electron chi connectivity index (χ4n) is 4.52. The molecule has 2 aliphatic heterocycles. The Morgan fingerprint density at radius 1 is 1.11 bits per heavy atom. The number of hydrogen-bond donors (Lipinski definition) is 0. The van der Waals surface area contributed by atoms with Gasteiger partial charge in [-0.2, -0.15) is 0 Å². The SMILES string of the molecule is CCOC(=O)N1CCN(c2nc3c(C)cccn3c(=O)c2C=C2SC(=S)N(Cc3ccccc3)C2=O)CC1. The van der Waals surface area contributed by atoms with Crippen LogP contribution in [0.4, 0.5) is 10.6 Å². The van der Waals surface area contributed by atoms with Gasteiger partial charge in [-0.25, -0.2) is 9.78 Å². The van der Waals surface area contributed by atoms with Gasteiger partial charge in [0.05, 0.1) is 23.6 Å². The number of rotatable bonds is 5. The minimum atomic E-state index is -0.350. The van der Waals surface area contributed by atoms with Crippen LogP contribution >= 0.6 is 24.0 Å². The molecule has 0 N–H and O–H groups in total. The van der Waals surface area contributed by atoms with Crippen LogP contribution in [0.15, 0.2) is 58.4 Å². The van der Waals surface area contributed by atoms with Crippen LogP contribution < -0.4 is 10.5 Å². The number of carbonyl (C=O) groups excluding carboxylic acids is 2. The van der Waals surface area contributed by atoms with E-state index in [1.807, 2.05) is 48.2 Å². The van der Waals surface area contributed by atoms with Crippen LogP contribution in [0.25, 0.3) is 11.7 Å². The number of nitrogens with zero attached hydrogens (tertiary/aromatic N) is 5. The Hall–Kier alpha value is -3.70. The molecule has 2 saturated heterocycles. The molecule has 2 amide bonds. The highest BCUT2D eigenvalue weighted by molar-refractivity contribution is 8.26. The first-order valence-electron chi connectivity index (χ1n) is 12.3. The molecule has 0 spiro atoms. The van der Waals surface area contributed by atoms with Crippen molar-refractivity contribution in [3.8, 4) is 0 Å². The predicted molar refractivity (Wildman–Crippen MR) is 152 cm³/mol. The van der Waals surface area contributed by atoms with Crippen molar-refractivity contribution in [3.05, 3.63) is 80.6 Å². The fourth-order valence-corrected chi connectivity index (χ4v) is 5.75. The molecule has 0 aliphatic carbocycles. The molecule has 0 radical (unpaired) electrons. The number of pyridine rings is 1. The fraction of sp³-hybridized carbons (Fsp3) is 0.296. The number of aromatic nitrogens is 2. The largest absolute Gasteiger partial charge is 0.450 e. The summed E-state index contributed by atoms with van der Waals surface area (Å²) in [6.45, 7) is 6.18. The molecule has 2 fully saturated rings. The number of aryl methyl sites for hydroxylation is 1. The van der Waals surface area contributed by atoms with E-state index in [-0.39, 0.29) is 17.6 Å². The molecule has 2 aromatic heterocycles. The molecular weight excluding hydrogens is 522 g/mol. The second-order valence-electron chi connectivity index (χ2n) is 8.97. The van der Waals surface area contributed by atoms with E-state index >= 15 is 0 Å². The second kappa shape index (κ2) is 11.0. The van der Waals surface area contributed by atoms with E-state index in [4.69, 9.17) is 21.9 Å². The normalized spacial score (nSPS) is 17.1. The molecule has 196 valence electrons. The third-order valence-electron chi connectivity index (χ3n) is 6.50. The summed E-state index contributed by atoms with van der Waals surface area (Å²) in [6.07, 6.45) is 2.94. The van der Waals surface area contributed by atoms with Crippen molar-refractivity contribution >= 4 is 57.8 Å². The zero-order valence-corrected chi connectivity index (χ0v) is 22.8. The summed E-state index contributed by atoms with van der Waals surface area (Å²) < 4.78 is 7.08. The number of hydrogen-bond acceptors (Lipinski definition) is 8. The van der Waals surface area contributed by atoms with E-state index in [1.54, 1.807) is 35.1 Å². The Labute approximate surface area is 229 Å². The van der Waals surface area contributed by atoms with Crippen LogP contribution in [0.5, 0.6) is 0 Å². The summed E-state index contributed by atoms with van der Waals surface area (Å²) in [5, 5.41) is 0. The van der Waals surface area contributed by atoms with Crippen molar-refractivity contribution in [3.63, 3.8) is 0 Å². The Balaban J connectivity index is 1.52. The molecule has 2 aliphatic rings. The predicted octanol–water partition coefficient (Wildman–Crippen LogP) is 3.68.